The number of allylic oxidation sites excluding steroid dienone is 2. The maximum absolute atomic E-state index is 13.2. The van der Waals surface area contributed by atoms with E-state index < -0.39 is 14.6 Å². The summed E-state index contributed by atoms with van der Waals surface area (Å²) in [4.78, 5) is 0.459. The molecule has 98 valence electrons. The molecule has 5 aliphatic rings. The normalized spacial score (nSPS) is 51.8. The summed E-state index contributed by atoms with van der Waals surface area (Å²) < 4.78 is 25.9. The van der Waals surface area contributed by atoms with Gasteiger partial charge in [-0.15, -0.1) is 0 Å². The van der Waals surface area contributed by atoms with Crippen LogP contribution in [-0.4, -0.2) is 18.0 Å². The van der Waals surface area contributed by atoms with Crippen molar-refractivity contribution < 1.29 is 8.42 Å². The predicted molar refractivity (Wildman–Crippen MR) is 75.7 cm³/mol. The van der Waals surface area contributed by atoms with Crippen LogP contribution in [0.1, 0.15) is 0 Å². The molecule has 19 heavy (non-hydrogen) atoms. The lowest BCUT2D eigenvalue weighted by Crippen LogP contribution is -2.47. The van der Waals surface area contributed by atoms with Crippen LogP contribution in [0.25, 0.3) is 0 Å². The van der Waals surface area contributed by atoms with Crippen LogP contribution in [0.4, 0.5) is 0 Å². The van der Waals surface area contributed by atoms with Crippen molar-refractivity contribution in [3.05, 3.63) is 42.5 Å². The first-order chi connectivity index (χ1) is 9.12. The number of hydrogen-bond donors (Lipinski definition) is 0. The minimum Gasteiger partial charge on any atom is -0.223 e. The summed E-state index contributed by atoms with van der Waals surface area (Å²) in [6.45, 7) is 0. The summed E-state index contributed by atoms with van der Waals surface area (Å²) in [5.74, 6) is 2.69. The van der Waals surface area contributed by atoms with E-state index in [4.69, 9.17) is 0 Å². The summed E-state index contributed by atoms with van der Waals surface area (Å²) in [7, 11) is -3.28. The summed E-state index contributed by atoms with van der Waals surface area (Å²) in [6, 6.07) is 8.98. The Labute approximate surface area is 120 Å². The highest BCUT2D eigenvalue weighted by Crippen LogP contribution is 2.90. The van der Waals surface area contributed by atoms with Crippen LogP contribution in [0.3, 0.4) is 0 Å². The average Bonchev–Trinajstić information content (AvgIpc) is 3.20. The summed E-state index contributed by atoms with van der Waals surface area (Å²) in [6.07, 6.45) is 4.22. The molecule has 4 heteroatoms. The van der Waals surface area contributed by atoms with E-state index in [1.165, 1.54) is 0 Å². The number of halogens is 1. The topological polar surface area (TPSA) is 34.1 Å². The number of hydrogen-bond acceptors (Lipinski definition) is 2. The minimum atomic E-state index is -3.28. The third-order valence-electron chi connectivity index (χ3n) is 5.77. The molecule has 0 saturated heterocycles. The SMILES string of the molecule is O=S(=O)(c1ccccc1)[C@]12C3[C@H]4C([C@@H]34)[C@H]1C=C[C@H]2Br. The van der Waals surface area contributed by atoms with E-state index in [-0.39, 0.29) is 10.7 Å². The Hall–Kier alpha value is -0.610. The van der Waals surface area contributed by atoms with E-state index in [1.54, 1.807) is 12.1 Å². The molecule has 7 atom stereocenters. The molecule has 1 aromatic rings. The van der Waals surface area contributed by atoms with Crippen molar-refractivity contribution in [3.63, 3.8) is 0 Å². The fraction of sp³-hybridized carbons (Fsp3) is 0.467. The van der Waals surface area contributed by atoms with Gasteiger partial charge in [-0.25, -0.2) is 8.42 Å². The molecule has 1 aromatic carbocycles. The molecule has 0 spiro atoms. The van der Waals surface area contributed by atoms with Crippen LogP contribution >= 0.6 is 15.9 Å². The predicted octanol–water partition coefficient (Wildman–Crippen LogP) is 2.65. The van der Waals surface area contributed by atoms with Gasteiger partial charge in [-0.3, -0.25) is 0 Å². The standard InChI is InChI=1S/C15H13BrO2S/c16-10-7-6-9-11-12-13(11)14(12)15(9,10)19(17,18)8-4-2-1-3-5-8/h1-7,9-14H/t9-,10-,11?,12-,13+,14?,15-/m1/s1. The molecular formula is C15H13BrO2S. The largest absolute Gasteiger partial charge is 0.223 e. The number of alkyl halides is 1. The van der Waals surface area contributed by atoms with Crippen molar-refractivity contribution in [1.82, 2.24) is 0 Å². The van der Waals surface area contributed by atoms with Crippen LogP contribution in [0, 0.1) is 29.6 Å². The molecule has 2 nitrogen and oxygen atoms in total. The highest BCUT2D eigenvalue weighted by Gasteiger charge is 2.93. The van der Waals surface area contributed by atoms with Crippen molar-refractivity contribution in [1.29, 1.82) is 0 Å². The molecule has 5 aliphatic carbocycles. The zero-order chi connectivity index (χ0) is 13.0. The van der Waals surface area contributed by atoms with Gasteiger partial charge < -0.3 is 0 Å². The van der Waals surface area contributed by atoms with Gasteiger partial charge in [0, 0.05) is 5.92 Å². The molecule has 4 saturated carbocycles. The van der Waals surface area contributed by atoms with Gasteiger partial charge in [0.1, 0.15) is 4.75 Å². The van der Waals surface area contributed by atoms with Crippen LogP contribution in [0.15, 0.2) is 47.4 Å². The molecule has 0 aromatic heterocycles. The van der Waals surface area contributed by atoms with Gasteiger partial charge in [0.2, 0.25) is 0 Å². The molecule has 0 radical (unpaired) electrons. The van der Waals surface area contributed by atoms with Gasteiger partial charge in [-0.2, -0.15) is 0 Å². The number of rotatable bonds is 2. The van der Waals surface area contributed by atoms with E-state index in [9.17, 15) is 8.42 Å². The smallest absolute Gasteiger partial charge is 0.186 e. The van der Waals surface area contributed by atoms with E-state index in [0.29, 0.717) is 28.6 Å². The summed E-state index contributed by atoms with van der Waals surface area (Å²) in [5.41, 5.74) is 0. The molecule has 0 amide bonds. The fourth-order valence-corrected chi connectivity index (χ4v) is 9.10. The van der Waals surface area contributed by atoms with Gasteiger partial charge in [0.05, 0.1) is 9.72 Å². The number of benzene rings is 1. The molecule has 0 heterocycles. The first-order valence-corrected chi connectivity index (χ1v) is 9.14. The lowest BCUT2D eigenvalue weighted by molar-refractivity contribution is 0.476. The van der Waals surface area contributed by atoms with Gasteiger partial charge in [-0.05, 0) is 35.8 Å². The van der Waals surface area contributed by atoms with E-state index >= 15 is 0 Å². The third kappa shape index (κ3) is 0.963. The molecule has 6 rings (SSSR count). The zero-order valence-electron chi connectivity index (χ0n) is 10.1. The maximum Gasteiger partial charge on any atom is 0.186 e. The second kappa shape index (κ2) is 3.01. The Balaban J connectivity index is 1.74. The van der Waals surface area contributed by atoms with E-state index in [2.05, 4.69) is 28.1 Å². The maximum atomic E-state index is 13.2. The van der Waals surface area contributed by atoms with Crippen LogP contribution in [0.2, 0.25) is 0 Å². The second-order valence-electron chi connectivity index (χ2n) is 6.24. The average molecular weight is 337 g/mol. The Kier molecular flexibility index (Phi) is 1.76. The Morgan fingerprint density at radius 3 is 2.37 bits per heavy atom. The molecule has 2 bridgehead atoms. The van der Waals surface area contributed by atoms with Crippen molar-refractivity contribution in [2.75, 3.05) is 0 Å². The Bertz CT molecular complexity index is 701. The van der Waals surface area contributed by atoms with Gasteiger partial charge in [0.25, 0.3) is 0 Å². The number of sulfone groups is 1. The lowest BCUT2D eigenvalue weighted by atomic mass is 9.98. The first-order valence-electron chi connectivity index (χ1n) is 6.74. The summed E-state index contributed by atoms with van der Waals surface area (Å²) in [5, 5.41) is 0. The van der Waals surface area contributed by atoms with Crippen molar-refractivity contribution in [3.8, 4) is 0 Å². The van der Waals surface area contributed by atoms with E-state index in [1.807, 2.05) is 18.2 Å². The lowest BCUT2D eigenvalue weighted by Gasteiger charge is -2.33. The zero-order valence-corrected chi connectivity index (χ0v) is 12.5. The van der Waals surface area contributed by atoms with E-state index in [0.717, 1.165) is 0 Å². The minimum absolute atomic E-state index is 0.0276. The molecule has 0 N–H and O–H groups in total. The highest BCUT2D eigenvalue weighted by molar-refractivity contribution is 9.09. The van der Waals surface area contributed by atoms with Gasteiger partial charge in [0.15, 0.2) is 9.84 Å². The summed E-state index contributed by atoms with van der Waals surface area (Å²) >= 11 is 3.65. The fourth-order valence-electron chi connectivity index (χ4n) is 5.01. The quantitative estimate of drug-likeness (QED) is 0.614. The van der Waals surface area contributed by atoms with Crippen LogP contribution in [0.5, 0.6) is 0 Å². The Morgan fingerprint density at radius 2 is 1.68 bits per heavy atom. The monoisotopic (exact) mass is 336 g/mol. The van der Waals surface area contributed by atoms with Gasteiger partial charge in [-0.1, -0.05) is 46.3 Å². The van der Waals surface area contributed by atoms with Gasteiger partial charge >= 0.3 is 0 Å². The van der Waals surface area contributed by atoms with Crippen molar-refractivity contribution in [2.24, 2.45) is 29.6 Å². The molecule has 4 fully saturated rings. The van der Waals surface area contributed by atoms with Crippen molar-refractivity contribution >= 4 is 25.8 Å². The molecular weight excluding hydrogens is 324 g/mol. The van der Waals surface area contributed by atoms with Crippen molar-refractivity contribution in [2.45, 2.75) is 14.5 Å². The first kappa shape index (κ1) is 11.1. The third-order valence-corrected chi connectivity index (χ3v) is 9.76. The molecule has 0 aliphatic heterocycles. The second-order valence-corrected chi connectivity index (χ2v) is 9.41. The van der Waals surface area contributed by atoms with Crippen LogP contribution in [-0.2, 0) is 9.84 Å². The highest BCUT2D eigenvalue weighted by atomic mass is 79.9. The Morgan fingerprint density at radius 1 is 1.00 bits per heavy atom. The molecule has 2 unspecified atom stereocenters. The van der Waals surface area contributed by atoms with Crippen LogP contribution < -0.4 is 0 Å².